The molecule has 6 nitrogen and oxygen atoms in total. The fourth-order valence-electron chi connectivity index (χ4n) is 3.27. The van der Waals surface area contributed by atoms with Crippen molar-refractivity contribution >= 4 is 10.9 Å². The molecule has 0 saturated carbocycles. The van der Waals surface area contributed by atoms with E-state index in [0.29, 0.717) is 0 Å². The van der Waals surface area contributed by atoms with Crippen molar-refractivity contribution < 1.29 is 22.7 Å². The molecule has 31 heavy (non-hydrogen) atoms. The zero-order valence-corrected chi connectivity index (χ0v) is 15.8. The highest BCUT2D eigenvalue weighted by Crippen LogP contribution is 2.32. The molecule has 1 aromatic carbocycles. The molecule has 0 fully saturated rings. The first-order valence-electron chi connectivity index (χ1n) is 9.12. The normalized spacial score (nSPS) is 11.7. The van der Waals surface area contributed by atoms with Crippen LogP contribution in [0.15, 0.2) is 59.7 Å². The van der Waals surface area contributed by atoms with E-state index < -0.39 is 28.6 Å². The highest BCUT2D eigenvalue weighted by Gasteiger charge is 2.36. The van der Waals surface area contributed by atoms with E-state index in [1.54, 1.807) is 6.07 Å². The Hall–Kier alpha value is -3.82. The molecular formula is C21H14F4N4O2. The summed E-state index contributed by atoms with van der Waals surface area (Å²) in [6.45, 7) is -0.194. The number of nitrogens with zero attached hydrogens (tertiary/aromatic N) is 4. The van der Waals surface area contributed by atoms with Crippen molar-refractivity contribution in [1.82, 2.24) is 19.5 Å². The highest BCUT2D eigenvalue weighted by molar-refractivity contribution is 5.82. The van der Waals surface area contributed by atoms with E-state index in [1.807, 2.05) is 0 Å². The summed E-state index contributed by atoms with van der Waals surface area (Å²) in [5.41, 5.74) is -2.43. The minimum atomic E-state index is -4.88. The number of aryl methyl sites for hydroxylation is 1. The van der Waals surface area contributed by atoms with E-state index in [2.05, 4.69) is 15.0 Å². The molecule has 0 atom stereocenters. The maximum Gasteiger partial charge on any atom is 0.434 e. The molecule has 0 aliphatic rings. The molecule has 0 spiro atoms. The lowest BCUT2D eigenvalue weighted by molar-refractivity contribution is -0.139. The lowest BCUT2D eigenvalue weighted by atomic mass is 10.1. The van der Waals surface area contributed by atoms with Crippen LogP contribution in [0.25, 0.3) is 22.4 Å². The number of aromatic nitrogens is 4. The standard InChI is InChI=1S/C21H14F4N4O2/c22-13-5-2-1-4-12(13)8-11-29-19(17-15(30)6-3-9-26-17)28-14-7-10-27-18(21(23,24)25)16(14)20(29)31/h1-7,9-10,30H,8,11H2. The maximum atomic E-state index is 14.0. The number of alkyl halides is 3. The molecule has 0 bridgehead atoms. The first-order valence-corrected chi connectivity index (χ1v) is 9.12. The molecule has 0 unspecified atom stereocenters. The minimum absolute atomic E-state index is 0.00196. The van der Waals surface area contributed by atoms with Crippen molar-refractivity contribution in [3.63, 3.8) is 0 Å². The number of halogens is 4. The van der Waals surface area contributed by atoms with Crippen molar-refractivity contribution in [2.45, 2.75) is 19.1 Å². The summed E-state index contributed by atoms with van der Waals surface area (Å²) in [5.74, 6) is -0.950. The average Bonchev–Trinajstić information content (AvgIpc) is 2.73. The van der Waals surface area contributed by atoms with Gasteiger partial charge in [-0.25, -0.2) is 14.4 Å². The first kappa shape index (κ1) is 20.5. The van der Waals surface area contributed by atoms with Crippen LogP contribution in [-0.2, 0) is 19.1 Å². The molecule has 0 radical (unpaired) electrons. The number of rotatable bonds is 4. The molecular weight excluding hydrogens is 416 g/mol. The second-order valence-corrected chi connectivity index (χ2v) is 6.66. The third-order valence-corrected chi connectivity index (χ3v) is 4.70. The number of fused-ring (bicyclic) bond motifs is 1. The van der Waals surface area contributed by atoms with E-state index in [4.69, 9.17) is 0 Å². The quantitative estimate of drug-likeness (QED) is 0.496. The molecule has 158 valence electrons. The predicted molar refractivity (Wildman–Crippen MR) is 104 cm³/mol. The van der Waals surface area contributed by atoms with Crippen LogP contribution in [0.4, 0.5) is 17.6 Å². The van der Waals surface area contributed by atoms with Crippen LogP contribution in [-0.4, -0.2) is 24.6 Å². The molecule has 1 N–H and O–H groups in total. The van der Waals surface area contributed by atoms with Gasteiger partial charge >= 0.3 is 6.18 Å². The van der Waals surface area contributed by atoms with Gasteiger partial charge in [-0.2, -0.15) is 13.2 Å². The molecule has 0 aliphatic carbocycles. The zero-order valence-electron chi connectivity index (χ0n) is 15.8. The second kappa shape index (κ2) is 7.78. The Bertz CT molecular complexity index is 1340. The Morgan fingerprint density at radius 3 is 2.48 bits per heavy atom. The fraction of sp³-hybridized carbons (Fsp3) is 0.143. The number of benzene rings is 1. The van der Waals surface area contributed by atoms with Crippen LogP contribution >= 0.6 is 0 Å². The van der Waals surface area contributed by atoms with Gasteiger partial charge in [0, 0.05) is 18.9 Å². The van der Waals surface area contributed by atoms with E-state index >= 15 is 0 Å². The highest BCUT2D eigenvalue weighted by atomic mass is 19.4. The van der Waals surface area contributed by atoms with Crippen LogP contribution in [0.5, 0.6) is 5.75 Å². The van der Waals surface area contributed by atoms with Gasteiger partial charge in [0.2, 0.25) is 0 Å². The van der Waals surface area contributed by atoms with Crippen LogP contribution in [0.1, 0.15) is 11.3 Å². The van der Waals surface area contributed by atoms with Crippen molar-refractivity contribution in [2.75, 3.05) is 0 Å². The van der Waals surface area contributed by atoms with Gasteiger partial charge in [-0.1, -0.05) is 18.2 Å². The summed E-state index contributed by atoms with van der Waals surface area (Å²) in [7, 11) is 0. The molecule has 4 rings (SSSR count). The number of pyridine rings is 2. The van der Waals surface area contributed by atoms with Crippen molar-refractivity contribution in [3.8, 4) is 17.3 Å². The summed E-state index contributed by atoms with van der Waals surface area (Å²) in [5, 5.41) is 9.49. The van der Waals surface area contributed by atoms with E-state index in [-0.39, 0.29) is 41.3 Å². The van der Waals surface area contributed by atoms with E-state index in [9.17, 15) is 27.5 Å². The van der Waals surface area contributed by atoms with E-state index in [1.165, 1.54) is 42.6 Å². The van der Waals surface area contributed by atoms with Gasteiger partial charge in [0.05, 0.1) is 10.9 Å². The molecule has 0 saturated heterocycles. The van der Waals surface area contributed by atoms with Crippen LogP contribution in [0.3, 0.4) is 0 Å². The Kier molecular flexibility index (Phi) is 5.14. The van der Waals surface area contributed by atoms with Crippen LogP contribution in [0.2, 0.25) is 0 Å². The Morgan fingerprint density at radius 2 is 1.77 bits per heavy atom. The maximum absolute atomic E-state index is 14.0. The molecule has 3 heterocycles. The van der Waals surface area contributed by atoms with Gasteiger partial charge in [0.1, 0.15) is 17.3 Å². The van der Waals surface area contributed by atoms with Gasteiger partial charge in [0.15, 0.2) is 11.5 Å². The summed E-state index contributed by atoms with van der Waals surface area (Å²) in [6, 6.07) is 9.80. The summed E-state index contributed by atoms with van der Waals surface area (Å²) in [4.78, 5) is 24.7. The first-order chi connectivity index (χ1) is 14.8. The van der Waals surface area contributed by atoms with Crippen molar-refractivity contribution in [2.24, 2.45) is 0 Å². The zero-order chi connectivity index (χ0) is 22.2. The lowest BCUT2D eigenvalue weighted by Gasteiger charge is -2.16. The van der Waals surface area contributed by atoms with E-state index in [0.717, 1.165) is 10.8 Å². The largest absolute Gasteiger partial charge is 0.506 e. The third-order valence-electron chi connectivity index (χ3n) is 4.70. The van der Waals surface area contributed by atoms with Crippen molar-refractivity contribution in [1.29, 1.82) is 0 Å². The van der Waals surface area contributed by atoms with Gasteiger partial charge in [-0.05, 0) is 36.2 Å². The molecule has 0 amide bonds. The molecule has 0 aliphatic heterocycles. The van der Waals surface area contributed by atoms with Gasteiger partial charge in [0.25, 0.3) is 5.56 Å². The van der Waals surface area contributed by atoms with Gasteiger partial charge < -0.3 is 5.11 Å². The Balaban J connectivity index is 1.97. The predicted octanol–water partition coefficient (Wildman–Crippen LogP) is 3.96. The Labute approximate surface area is 172 Å². The number of hydrogen-bond donors (Lipinski definition) is 1. The summed E-state index contributed by atoms with van der Waals surface area (Å²) < 4.78 is 55.4. The van der Waals surface area contributed by atoms with Gasteiger partial charge in [-0.3, -0.25) is 14.3 Å². The molecule has 3 aromatic heterocycles. The monoisotopic (exact) mass is 430 g/mol. The Morgan fingerprint density at radius 1 is 1.00 bits per heavy atom. The fourth-order valence-corrected chi connectivity index (χ4v) is 3.27. The smallest absolute Gasteiger partial charge is 0.434 e. The van der Waals surface area contributed by atoms with Crippen LogP contribution in [0, 0.1) is 5.82 Å². The minimum Gasteiger partial charge on any atom is -0.506 e. The summed E-state index contributed by atoms with van der Waals surface area (Å²) >= 11 is 0. The SMILES string of the molecule is O=c1c2c(C(F)(F)F)nccc2nc(-c2ncccc2O)n1CCc1ccccc1F. The second-order valence-electron chi connectivity index (χ2n) is 6.66. The number of aromatic hydroxyl groups is 1. The topological polar surface area (TPSA) is 80.9 Å². The lowest BCUT2D eigenvalue weighted by Crippen LogP contribution is -2.27. The molecule has 10 heteroatoms. The average molecular weight is 430 g/mol. The summed E-state index contributed by atoms with van der Waals surface area (Å²) in [6.07, 6.45) is -2.62. The third kappa shape index (κ3) is 3.83. The van der Waals surface area contributed by atoms with Crippen LogP contribution < -0.4 is 5.56 Å². The van der Waals surface area contributed by atoms with Crippen molar-refractivity contribution in [3.05, 3.63) is 82.3 Å². The molecule has 4 aromatic rings. The number of hydrogen-bond acceptors (Lipinski definition) is 5. The van der Waals surface area contributed by atoms with Gasteiger partial charge in [-0.15, -0.1) is 0 Å².